The predicted molar refractivity (Wildman–Crippen MR) is 103 cm³/mol. The van der Waals surface area contributed by atoms with Gasteiger partial charge in [0, 0.05) is 6.61 Å². The van der Waals surface area contributed by atoms with Gasteiger partial charge in [-0.3, -0.25) is 4.79 Å². The summed E-state index contributed by atoms with van der Waals surface area (Å²) in [5.41, 5.74) is -0.647. The topological polar surface area (TPSA) is 71.1 Å². The molecule has 150 valence electrons. The van der Waals surface area contributed by atoms with E-state index in [9.17, 15) is 9.59 Å². The van der Waals surface area contributed by atoms with Gasteiger partial charge in [-0.2, -0.15) is 0 Å². The van der Waals surface area contributed by atoms with Crippen molar-refractivity contribution in [1.29, 1.82) is 0 Å². The number of rotatable bonds is 6. The molecule has 0 saturated carbocycles. The summed E-state index contributed by atoms with van der Waals surface area (Å²) in [6.07, 6.45) is 1.69. The van der Waals surface area contributed by atoms with Crippen LogP contribution in [-0.2, 0) is 23.4 Å². The highest BCUT2D eigenvalue weighted by molar-refractivity contribution is 6.74. The van der Waals surface area contributed by atoms with Crippen LogP contribution < -0.4 is 0 Å². The van der Waals surface area contributed by atoms with E-state index in [0.29, 0.717) is 19.4 Å². The molecule has 0 saturated heterocycles. The molecule has 0 bridgehead atoms. The number of hydrogen-bond donors (Lipinski definition) is 0. The van der Waals surface area contributed by atoms with Gasteiger partial charge in [0.25, 0.3) is 0 Å². The molecule has 0 aromatic heterocycles. The normalized spacial score (nSPS) is 21.6. The SMILES string of the molecule is CC(C)(C)OC(=O)O[C@@H]1C=CC(=O)[C@@H](CCCO[Si](C)(C)C(C)(C)C)O1. The fourth-order valence-electron chi connectivity index (χ4n) is 2.01. The Morgan fingerprint density at radius 1 is 1.19 bits per heavy atom. The molecule has 0 fully saturated rings. The van der Waals surface area contributed by atoms with Crippen molar-refractivity contribution in [2.75, 3.05) is 6.61 Å². The molecule has 0 unspecified atom stereocenters. The molecule has 1 rings (SSSR count). The Morgan fingerprint density at radius 2 is 1.81 bits per heavy atom. The van der Waals surface area contributed by atoms with Crippen LogP contribution in [0.5, 0.6) is 0 Å². The number of carbonyl (C=O) groups excluding carboxylic acids is 2. The van der Waals surface area contributed by atoms with Crippen molar-refractivity contribution in [2.24, 2.45) is 0 Å². The van der Waals surface area contributed by atoms with E-state index in [-0.39, 0.29) is 10.8 Å². The summed E-state index contributed by atoms with van der Waals surface area (Å²) in [6, 6.07) is 0. The number of carbonyl (C=O) groups is 2. The van der Waals surface area contributed by atoms with Crippen LogP contribution in [0.15, 0.2) is 12.2 Å². The third kappa shape index (κ3) is 7.59. The molecule has 0 aromatic rings. The van der Waals surface area contributed by atoms with E-state index in [4.69, 9.17) is 18.6 Å². The van der Waals surface area contributed by atoms with Crippen LogP contribution in [0, 0.1) is 0 Å². The van der Waals surface area contributed by atoms with E-state index in [1.54, 1.807) is 20.8 Å². The van der Waals surface area contributed by atoms with Crippen molar-refractivity contribution in [3.63, 3.8) is 0 Å². The van der Waals surface area contributed by atoms with Gasteiger partial charge in [0.1, 0.15) is 11.7 Å². The highest BCUT2D eigenvalue weighted by Crippen LogP contribution is 2.36. The smallest absolute Gasteiger partial charge is 0.428 e. The van der Waals surface area contributed by atoms with Gasteiger partial charge in [0.05, 0.1) is 0 Å². The molecule has 26 heavy (non-hydrogen) atoms. The summed E-state index contributed by atoms with van der Waals surface area (Å²) in [5, 5.41) is 0.152. The molecule has 0 aromatic carbocycles. The van der Waals surface area contributed by atoms with Crippen molar-refractivity contribution in [2.45, 2.75) is 90.5 Å². The van der Waals surface area contributed by atoms with Gasteiger partial charge in [0.2, 0.25) is 6.29 Å². The lowest BCUT2D eigenvalue weighted by molar-refractivity contribution is -0.158. The first kappa shape index (κ1) is 22.9. The first-order valence-corrected chi connectivity index (χ1v) is 12.0. The highest BCUT2D eigenvalue weighted by Gasteiger charge is 2.37. The number of ether oxygens (including phenoxy) is 3. The lowest BCUT2D eigenvalue weighted by Crippen LogP contribution is -2.41. The van der Waals surface area contributed by atoms with Crippen molar-refractivity contribution in [3.05, 3.63) is 12.2 Å². The van der Waals surface area contributed by atoms with Gasteiger partial charge in [-0.05, 0) is 63.9 Å². The maximum absolute atomic E-state index is 12.0. The van der Waals surface area contributed by atoms with Gasteiger partial charge < -0.3 is 18.6 Å². The lowest BCUT2D eigenvalue weighted by Gasteiger charge is -2.36. The average molecular weight is 387 g/mol. The maximum Gasteiger partial charge on any atom is 0.511 e. The van der Waals surface area contributed by atoms with E-state index >= 15 is 0 Å². The van der Waals surface area contributed by atoms with E-state index in [1.807, 2.05) is 0 Å². The van der Waals surface area contributed by atoms with Crippen molar-refractivity contribution < 1.29 is 28.2 Å². The minimum atomic E-state index is -1.79. The second-order valence-corrected chi connectivity index (χ2v) is 13.9. The number of ketones is 1. The van der Waals surface area contributed by atoms with Crippen molar-refractivity contribution in [3.8, 4) is 0 Å². The Labute approximate surface area is 158 Å². The van der Waals surface area contributed by atoms with Crippen LogP contribution in [0.25, 0.3) is 0 Å². The zero-order valence-corrected chi connectivity index (χ0v) is 18.4. The Kier molecular flexibility index (Phi) is 7.62. The minimum Gasteiger partial charge on any atom is -0.428 e. The molecule has 0 spiro atoms. The van der Waals surface area contributed by atoms with Crippen LogP contribution in [-0.4, -0.2) is 44.9 Å². The fraction of sp³-hybridized carbons (Fsp3) is 0.789. The molecule has 0 aliphatic carbocycles. The average Bonchev–Trinajstić information content (AvgIpc) is 2.43. The summed E-state index contributed by atoms with van der Waals surface area (Å²) in [7, 11) is -1.79. The second kappa shape index (κ2) is 8.67. The largest absolute Gasteiger partial charge is 0.511 e. The third-order valence-electron chi connectivity index (χ3n) is 4.51. The fourth-order valence-corrected chi connectivity index (χ4v) is 3.10. The molecule has 6 nitrogen and oxygen atoms in total. The quantitative estimate of drug-likeness (QED) is 0.378. The molecule has 1 aliphatic rings. The molecule has 1 heterocycles. The first-order chi connectivity index (χ1) is 11.7. The van der Waals surface area contributed by atoms with E-state index in [0.717, 1.165) is 0 Å². The maximum atomic E-state index is 12.0. The van der Waals surface area contributed by atoms with Crippen LogP contribution in [0.4, 0.5) is 4.79 Å². The Morgan fingerprint density at radius 3 is 2.35 bits per heavy atom. The van der Waals surface area contributed by atoms with E-state index in [1.165, 1.54) is 12.2 Å². The molecule has 0 amide bonds. The molecular weight excluding hydrogens is 352 g/mol. The molecule has 1 aliphatic heterocycles. The summed E-state index contributed by atoms with van der Waals surface area (Å²) in [4.78, 5) is 23.7. The third-order valence-corrected chi connectivity index (χ3v) is 9.05. The Balaban J connectivity index is 2.45. The predicted octanol–water partition coefficient (Wildman–Crippen LogP) is 4.59. The minimum absolute atomic E-state index is 0.124. The van der Waals surface area contributed by atoms with Crippen LogP contribution in [0.2, 0.25) is 18.1 Å². The summed E-state index contributed by atoms with van der Waals surface area (Å²) in [5.74, 6) is -0.124. The monoisotopic (exact) mass is 386 g/mol. The summed E-state index contributed by atoms with van der Waals surface area (Å²) >= 11 is 0. The molecule has 7 heteroatoms. The molecule has 0 radical (unpaired) electrons. The van der Waals surface area contributed by atoms with Gasteiger partial charge >= 0.3 is 6.16 Å². The van der Waals surface area contributed by atoms with E-state index in [2.05, 4.69) is 33.9 Å². The standard InChI is InChI=1S/C19H34O6Si/c1-18(2,3)25-17(21)24-16-12-11-14(20)15(23-16)10-9-13-22-26(7,8)19(4,5)6/h11-12,15-16H,9-10,13H2,1-8H3/t15-,16-/m1/s1. The molecule has 0 N–H and O–H groups in total. The van der Waals surface area contributed by atoms with Crippen LogP contribution in [0.1, 0.15) is 54.4 Å². The highest BCUT2D eigenvalue weighted by atomic mass is 28.4. The summed E-state index contributed by atoms with van der Waals surface area (Å²) in [6.45, 7) is 16.8. The summed E-state index contributed by atoms with van der Waals surface area (Å²) < 4.78 is 21.9. The van der Waals surface area contributed by atoms with Crippen molar-refractivity contribution in [1.82, 2.24) is 0 Å². The van der Waals surface area contributed by atoms with Crippen LogP contribution >= 0.6 is 0 Å². The zero-order chi connectivity index (χ0) is 20.2. The second-order valence-electron chi connectivity index (χ2n) is 9.09. The molecular formula is C19H34O6Si. The van der Waals surface area contributed by atoms with Gasteiger partial charge in [-0.15, -0.1) is 0 Å². The molecule has 2 atom stereocenters. The van der Waals surface area contributed by atoms with Gasteiger partial charge in [-0.1, -0.05) is 20.8 Å². The Hall–Kier alpha value is -1.18. The van der Waals surface area contributed by atoms with Gasteiger partial charge in [-0.25, -0.2) is 4.79 Å². The lowest BCUT2D eigenvalue weighted by atomic mass is 10.1. The van der Waals surface area contributed by atoms with Crippen molar-refractivity contribution >= 4 is 20.3 Å². The van der Waals surface area contributed by atoms with E-state index < -0.39 is 32.5 Å². The Bertz CT molecular complexity index is 527. The first-order valence-electron chi connectivity index (χ1n) is 9.12. The zero-order valence-electron chi connectivity index (χ0n) is 17.4. The van der Waals surface area contributed by atoms with Crippen LogP contribution in [0.3, 0.4) is 0 Å². The number of hydrogen-bond acceptors (Lipinski definition) is 6. The van der Waals surface area contributed by atoms with Gasteiger partial charge in [0.15, 0.2) is 14.1 Å².